The lowest BCUT2D eigenvalue weighted by molar-refractivity contribution is -0.00153. The van der Waals surface area contributed by atoms with E-state index in [9.17, 15) is 9.18 Å². The number of hydrogen-bond donors (Lipinski definition) is 0. The number of ketones is 1. The molecular formula is C17H24FNO2. The molecule has 1 atom stereocenters. The maximum absolute atomic E-state index is 12.8. The van der Waals surface area contributed by atoms with Crippen LogP contribution in [0.1, 0.15) is 42.5 Å². The monoisotopic (exact) mass is 293 g/mol. The van der Waals surface area contributed by atoms with E-state index in [1.165, 1.54) is 25.0 Å². The number of benzene rings is 1. The van der Waals surface area contributed by atoms with Crippen molar-refractivity contribution in [1.29, 1.82) is 0 Å². The van der Waals surface area contributed by atoms with Gasteiger partial charge < -0.3 is 9.64 Å². The van der Waals surface area contributed by atoms with Crippen LogP contribution in [0.25, 0.3) is 0 Å². The molecule has 0 bridgehead atoms. The third-order valence-corrected chi connectivity index (χ3v) is 3.90. The predicted molar refractivity (Wildman–Crippen MR) is 81.1 cm³/mol. The van der Waals surface area contributed by atoms with Crippen LogP contribution in [0.2, 0.25) is 0 Å². The third kappa shape index (κ3) is 5.56. The van der Waals surface area contributed by atoms with Crippen molar-refractivity contribution in [3.05, 3.63) is 35.6 Å². The molecule has 0 aliphatic carbocycles. The Hall–Kier alpha value is -1.26. The van der Waals surface area contributed by atoms with E-state index >= 15 is 0 Å². The van der Waals surface area contributed by atoms with E-state index in [2.05, 4.69) is 11.9 Å². The maximum atomic E-state index is 12.8. The largest absolute Gasteiger partial charge is 0.377 e. The minimum atomic E-state index is -0.307. The molecule has 0 radical (unpaired) electrons. The number of rotatable bonds is 7. The molecule has 0 amide bonds. The summed E-state index contributed by atoms with van der Waals surface area (Å²) in [5.74, 6) is -0.226. The smallest absolute Gasteiger partial charge is 0.162 e. The minimum Gasteiger partial charge on any atom is -0.377 e. The molecule has 0 N–H and O–H groups in total. The lowest BCUT2D eigenvalue weighted by Gasteiger charge is -2.27. The Kier molecular flexibility index (Phi) is 6.33. The molecule has 1 unspecified atom stereocenters. The molecule has 0 spiro atoms. The first-order valence-electron chi connectivity index (χ1n) is 7.74. The topological polar surface area (TPSA) is 29.5 Å². The van der Waals surface area contributed by atoms with Crippen molar-refractivity contribution < 1.29 is 13.9 Å². The van der Waals surface area contributed by atoms with Crippen molar-refractivity contribution in [2.45, 2.75) is 38.2 Å². The van der Waals surface area contributed by atoms with Crippen molar-refractivity contribution in [2.24, 2.45) is 0 Å². The second kappa shape index (κ2) is 8.25. The van der Waals surface area contributed by atoms with Gasteiger partial charge in [0, 0.05) is 25.1 Å². The van der Waals surface area contributed by atoms with Gasteiger partial charge in [-0.1, -0.05) is 0 Å². The van der Waals surface area contributed by atoms with Gasteiger partial charge in [-0.15, -0.1) is 0 Å². The Balaban J connectivity index is 1.66. The zero-order valence-electron chi connectivity index (χ0n) is 12.7. The molecule has 1 aromatic carbocycles. The van der Waals surface area contributed by atoms with E-state index in [0.29, 0.717) is 18.1 Å². The van der Waals surface area contributed by atoms with Gasteiger partial charge in [0.15, 0.2) is 5.78 Å². The van der Waals surface area contributed by atoms with E-state index in [-0.39, 0.29) is 11.6 Å². The summed E-state index contributed by atoms with van der Waals surface area (Å²) in [7, 11) is 2.07. The lowest BCUT2D eigenvalue weighted by Crippen LogP contribution is -2.34. The van der Waals surface area contributed by atoms with Gasteiger partial charge in [0.25, 0.3) is 0 Å². The highest BCUT2D eigenvalue weighted by molar-refractivity contribution is 5.95. The maximum Gasteiger partial charge on any atom is 0.162 e. The number of carbonyl (C=O) groups is 1. The third-order valence-electron chi connectivity index (χ3n) is 3.90. The van der Waals surface area contributed by atoms with Crippen molar-refractivity contribution >= 4 is 5.78 Å². The number of ether oxygens (including phenoxy) is 1. The van der Waals surface area contributed by atoms with Crippen molar-refractivity contribution in [1.82, 2.24) is 4.90 Å². The highest BCUT2D eigenvalue weighted by Crippen LogP contribution is 2.14. The van der Waals surface area contributed by atoms with E-state index in [1.807, 2.05) is 0 Å². The van der Waals surface area contributed by atoms with Crippen LogP contribution < -0.4 is 0 Å². The van der Waals surface area contributed by atoms with Crippen LogP contribution in [0.5, 0.6) is 0 Å². The first-order valence-corrected chi connectivity index (χ1v) is 7.74. The molecule has 1 aromatic rings. The quantitative estimate of drug-likeness (QED) is 0.723. The van der Waals surface area contributed by atoms with Crippen molar-refractivity contribution in [3.63, 3.8) is 0 Å². The molecule has 2 rings (SSSR count). The number of carbonyl (C=O) groups excluding carboxylic acids is 1. The van der Waals surface area contributed by atoms with Gasteiger partial charge in [-0.3, -0.25) is 4.79 Å². The number of hydrogen-bond acceptors (Lipinski definition) is 3. The van der Waals surface area contributed by atoms with Crippen LogP contribution in [0.15, 0.2) is 24.3 Å². The Morgan fingerprint density at radius 1 is 1.33 bits per heavy atom. The Morgan fingerprint density at radius 2 is 2.10 bits per heavy atom. The van der Waals surface area contributed by atoms with Crippen LogP contribution in [-0.4, -0.2) is 43.5 Å². The fourth-order valence-corrected chi connectivity index (χ4v) is 2.68. The summed E-state index contributed by atoms with van der Waals surface area (Å²) in [6, 6.07) is 5.77. The highest BCUT2D eigenvalue weighted by Gasteiger charge is 2.15. The summed E-state index contributed by atoms with van der Waals surface area (Å²) in [4.78, 5) is 14.2. The summed E-state index contributed by atoms with van der Waals surface area (Å²) in [6.45, 7) is 2.69. The first kappa shape index (κ1) is 16.1. The normalized spacial score (nSPS) is 18.9. The Morgan fingerprint density at radius 3 is 2.76 bits per heavy atom. The second-order valence-electron chi connectivity index (χ2n) is 5.78. The van der Waals surface area contributed by atoms with E-state index in [4.69, 9.17) is 4.74 Å². The summed E-state index contributed by atoms with van der Waals surface area (Å²) in [5.41, 5.74) is 0.592. The van der Waals surface area contributed by atoms with Crippen LogP contribution in [-0.2, 0) is 4.74 Å². The molecule has 1 aliphatic rings. The van der Waals surface area contributed by atoms with Gasteiger partial charge >= 0.3 is 0 Å². The van der Waals surface area contributed by atoms with Gasteiger partial charge in [0.2, 0.25) is 0 Å². The van der Waals surface area contributed by atoms with Gasteiger partial charge in [0.1, 0.15) is 5.82 Å². The van der Waals surface area contributed by atoms with E-state index in [1.54, 1.807) is 12.1 Å². The van der Waals surface area contributed by atoms with E-state index < -0.39 is 0 Å². The standard InChI is InChI=1S/C17H24FNO2/c1-19(13-16-5-2-3-12-21-16)11-4-6-17(20)14-7-9-15(18)10-8-14/h7-10,16H,2-6,11-13H2,1H3. The van der Waals surface area contributed by atoms with Gasteiger partial charge in [0.05, 0.1) is 6.10 Å². The molecule has 21 heavy (non-hydrogen) atoms. The minimum absolute atomic E-state index is 0.0808. The van der Waals surface area contributed by atoms with Crippen molar-refractivity contribution in [3.8, 4) is 0 Å². The Labute approximate surface area is 126 Å². The van der Waals surface area contributed by atoms with Gasteiger partial charge in [-0.05, 0) is 63.5 Å². The second-order valence-corrected chi connectivity index (χ2v) is 5.78. The SMILES string of the molecule is CN(CCCC(=O)c1ccc(F)cc1)CC1CCCCO1. The molecule has 116 valence electrons. The van der Waals surface area contributed by atoms with Gasteiger partial charge in [-0.25, -0.2) is 4.39 Å². The summed E-state index contributed by atoms with van der Waals surface area (Å²) >= 11 is 0. The zero-order valence-corrected chi connectivity index (χ0v) is 12.7. The molecular weight excluding hydrogens is 269 g/mol. The highest BCUT2D eigenvalue weighted by atomic mass is 19.1. The average molecular weight is 293 g/mol. The fourth-order valence-electron chi connectivity index (χ4n) is 2.68. The predicted octanol–water partition coefficient (Wildman–Crippen LogP) is 3.29. The molecule has 0 aromatic heterocycles. The average Bonchev–Trinajstić information content (AvgIpc) is 2.49. The molecule has 0 saturated carbocycles. The fraction of sp³-hybridized carbons (Fsp3) is 0.588. The first-order chi connectivity index (χ1) is 10.1. The molecule has 1 aliphatic heterocycles. The Bertz CT molecular complexity index is 441. The molecule has 1 heterocycles. The number of Topliss-reactive ketones (excluding diaryl/α,β-unsaturated/α-hetero) is 1. The van der Waals surface area contributed by atoms with Crippen LogP contribution in [0.4, 0.5) is 4.39 Å². The summed E-state index contributed by atoms with van der Waals surface area (Å²) < 4.78 is 18.5. The van der Waals surface area contributed by atoms with Crippen LogP contribution in [0.3, 0.4) is 0 Å². The molecule has 3 nitrogen and oxygen atoms in total. The summed E-state index contributed by atoms with van der Waals surface area (Å²) in [6.07, 6.45) is 5.23. The molecule has 1 saturated heterocycles. The zero-order chi connectivity index (χ0) is 15.1. The van der Waals surface area contributed by atoms with E-state index in [0.717, 1.165) is 32.5 Å². The van der Waals surface area contributed by atoms with Crippen molar-refractivity contribution in [2.75, 3.05) is 26.7 Å². The van der Waals surface area contributed by atoms with Crippen LogP contribution in [0, 0.1) is 5.82 Å². The molecule has 4 heteroatoms. The van der Waals surface area contributed by atoms with Gasteiger partial charge in [-0.2, -0.15) is 0 Å². The number of nitrogens with zero attached hydrogens (tertiary/aromatic N) is 1. The lowest BCUT2D eigenvalue weighted by atomic mass is 10.1. The van der Waals surface area contributed by atoms with Crippen LogP contribution >= 0.6 is 0 Å². The summed E-state index contributed by atoms with van der Waals surface area (Å²) in [5, 5.41) is 0. The number of likely N-dealkylation sites (N-methyl/N-ethyl adjacent to an activating group) is 1. The number of halogens is 1. The molecule has 1 fully saturated rings.